The summed E-state index contributed by atoms with van der Waals surface area (Å²) < 4.78 is 37.7. The smallest absolute Gasteiger partial charge is 0.431 e. The Labute approximate surface area is 125 Å². The number of benzene rings is 1. The fourth-order valence-corrected chi connectivity index (χ4v) is 1.72. The molecule has 0 saturated carbocycles. The SMILES string of the molecule is O=c1nc(/C=C/c2cccc([N+](=O)[O-])c2O)cc(C(F)(F)F)[nH]1. The first kappa shape index (κ1) is 16.2. The third-order valence-corrected chi connectivity index (χ3v) is 2.75. The van der Waals surface area contributed by atoms with Crippen molar-refractivity contribution in [2.75, 3.05) is 0 Å². The van der Waals surface area contributed by atoms with Crippen LogP contribution >= 0.6 is 0 Å². The van der Waals surface area contributed by atoms with Gasteiger partial charge in [-0.1, -0.05) is 12.1 Å². The highest BCUT2D eigenvalue weighted by atomic mass is 19.4. The van der Waals surface area contributed by atoms with Crippen LogP contribution in [0.5, 0.6) is 5.75 Å². The van der Waals surface area contributed by atoms with Crippen molar-refractivity contribution in [2.45, 2.75) is 6.18 Å². The van der Waals surface area contributed by atoms with Gasteiger partial charge in [0.25, 0.3) is 0 Å². The van der Waals surface area contributed by atoms with Crippen molar-refractivity contribution in [3.05, 3.63) is 61.8 Å². The number of nitro groups is 1. The first-order valence-electron chi connectivity index (χ1n) is 6.01. The number of para-hydroxylation sites is 1. The lowest BCUT2D eigenvalue weighted by molar-refractivity contribution is -0.385. The molecule has 0 aliphatic carbocycles. The van der Waals surface area contributed by atoms with Crippen molar-refractivity contribution >= 4 is 17.8 Å². The van der Waals surface area contributed by atoms with Gasteiger partial charge in [-0.3, -0.25) is 10.1 Å². The van der Waals surface area contributed by atoms with E-state index >= 15 is 0 Å². The van der Waals surface area contributed by atoms with Gasteiger partial charge >= 0.3 is 17.6 Å². The van der Waals surface area contributed by atoms with Gasteiger partial charge in [-0.25, -0.2) is 4.79 Å². The first-order valence-corrected chi connectivity index (χ1v) is 6.01. The van der Waals surface area contributed by atoms with E-state index in [-0.39, 0.29) is 11.3 Å². The number of hydrogen-bond donors (Lipinski definition) is 2. The van der Waals surface area contributed by atoms with E-state index in [0.29, 0.717) is 6.07 Å². The maximum atomic E-state index is 12.6. The largest absolute Gasteiger partial charge is 0.502 e. The molecule has 0 aliphatic heterocycles. The summed E-state index contributed by atoms with van der Waals surface area (Å²) in [6, 6.07) is 4.28. The molecule has 0 amide bonds. The minimum atomic E-state index is -4.75. The Morgan fingerprint density at radius 3 is 2.61 bits per heavy atom. The molecule has 2 N–H and O–H groups in total. The van der Waals surface area contributed by atoms with Gasteiger partial charge in [0.1, 0.15) is 5.69 Å². The average molecular weight is 327 g/mol. The fraction of sp³-hybridized carbons (Fsp3) is 0.0769. The number of phenols is 1. The summed E-state index contributed by atoms with van der Waals surface area (Å²) in [5, 5.41) is 20.4. The molecular formula is C13H8F3N3O4. The number of nitro benzene ring substituents is 1. The van der Waals surface area contributed by atoms with Crippen molar-refractivity contribution in [3.63, 3.8) is 0 Å². The molecular weight excluding hydrogens is 319 g/mol. The maximum Gasteiger partial charge on any atom is 0.431 e. The van der Waals surface area contributed by atoms with Crippen LogP contribution in [0, 0.1) is 10.1 Å². The molecule has 7 nitrogen and oxygen atoms in total. The van der Waals surface area contributed by atoms with Crippen molar-refractivity contribution in [3.8, 4) is 5.75 Å². The summed E-state index contributed by atoms with van der Waals surface area (Å²) in [6.07, 6.45) is -2.61. The fourth-order valence-electron chi connectivity index (χ4n) is 1.72. The van der Waals surface area contributed by atoms with E-state index in [1.807, 2.05) is 0 Å². The molecule has 0 spiro atoms. The number of H-pyrrole nitrogens is 1. The average Bonchev–Trinajstić information content (AvgIpc) is 2.44. The van der Waals surface area contributed by atoms with E-state index in [2.05, 4.69) is 4.98 Å². The molecule has 1 aromatic heterocycles. The number of aromatic nitrogens is 2. The highest BCUT2D eigenvalue weighted by Crippen LogP contribution is 2.31. The quantitative estimate of drug-likeness (QED) is 0.665. The zero-order chi connectivity index (χ0) is 17.2. The summed E-state index contributed by atoms with van der Waals surface area (Å²) in [4.78, 5) is 25.9. The lowest BCUT2D eigenvalue weighted by Gasteiger charge is -2.05. The Kier molecular flexibility index (Phi) is 4.16. The number of aromatic hydroxyl groups is 1. The predicted molar refractivity (Wildman–Crippen MR) is 73.5 cm³/mol. The molecule has 0 aliphatic rings. The Hall–Kier alpha value is -3.17. The molecule has 2 aromatic rings. The lowest BCUT2D eigenvalue weighted by Crippen LogP contribution is -2.19. The highest BCUT2D eigenvalue weighted by Gasteiger charge is 2.32. The number of phenolic OH excluding ortho intramolecular Hbond substituents is 1. The van der Waals surface area contributed by atoms with Gasteiger partial charge in [0.15, 0.2) is 0 Å². The van der Waals surface area contributed by atoms with Gasteiger partial charge < -0.3 is 10.1 Å². The standard InChI is InChI=1S/C13H8F3N3O4/c14-13(15,16)10-6-8(17-12(21)18-10)5-4-7-2-1-3-9(11(7)20)19(22)23/h1-6,20H,(H,17,18,21)/b5-4+. The molecule has 2 rings (SSSR count). The normalized spacial score (nSPS) is 11.8. The Bertz CT molecular complexity index is 843. The van der Waals surface area contributed by atoms with Crippen LogP contribution in [0.25, 0.3) is 12.2 Å². The minimum absolute atomic E-state index is 0.00478. The molecule has 0 atom stereocenters. The second-order valence-corrected chi connectivity index (χ2v) is 4.33. The molecule has 23 heavy (non-hydrogen) atoms. The number of alkyl halides is 3. The molecule has 120 valence electrons. The maximum absolute atomic E-state index is 12.6. The van der Waals surface area contributed by atoms with E-state index in [4.69, 9.17) is 0 Å². The van der Waals surface area contributed by atoms with E-state index in [1.165, 1.54) is 12.1 Å². The molecule has 0 fully saturated rings. The lowest BCUT2D eigenvalue weighted by atomic mass is 10.1. The van der Waals surface area contributed by atoms with Crippen molar-refractivity contribution < 1.29 is 23.2 Å². The van der Waals surface area contributed by atoms with Gasteiger partial charge in [0.05, 0.1) is 10.6 Å². The van der Waals surface area contributed by atoms with E-state index in [0.717, 1.165) is 18.2 Å². The zero-order valence-corrected chi connectivity index (χ0v) is 11.2. The van der Waals surface area contributed by atoms with E-state index in [1.54, 1.807) is 4.98 Å². The van der Waals surface area contributed by atoms with Crippen LogP contribution in [0.4, 0.5) is 18.9 Å². The molecule has 0 saturated heterocycles. The third kappa shape index (κ3) is 3.73. The molecule has 1 heterocycles. The predicted octanol–water partition coefficient (Wildman–Crippen LogP) is 2.57. The minimum Gasteiger partial charge on any atom is -0.502 e. The molecule has 0 bridgehead atoms. The third-order valence-electron chi connectivity index (χ3n) is 2.75. The van der Waals surface area contributed by atoms with Crippen LogP contribution in [0.2, 0.25) is 0 Å². The highest BCUT2D eigenvalue weighted by molar-refractivity contribution is 5.73. The van der Waals surface area contributed by atoms with Crippen LogP contribution < -0.4 is 5.69 Å². The molecule has 10 heteroatoms. The Morgan fingerprint density at radius 1 is 1.30 bits per heavy atom. The van der Waals surface area contributed by atoms with Crippen LogP contribution in [0.15, 0.2) is 29.1 Å². The number of nitrogens with zero attached hydrogens (tertiary/aromatic N) is 2. The Morgan fingerprint density at radius 2 is 2.00 bits per heavy atom. The summed E-state index contributed by atoms with van der Waals surface area (Å²) >= 11 is 0. The van der Waals surface area contributed by atoms with E-state index < -0.39 is 33.9 Å². The molecule has 1 aromatic carbocycles. The topological polar surface area (TPSA) is 109 Å². The number of hydrogen-bond acceptors (Lipinski definition) is 5. The van der Waals surface area contributed by atoms with Crippen LogP contribution in [0.1, 0.15) is 17.0 Å². The number of aromatic amines is 1. The van der Waals surface area contributed by atoms with Gasteiger partial charge in [-0.15, -0.1) is 0 Å². The summed E-state index contributed by atoms with van der Waals surface area (Å²) in [5.41, 5.74) is -3.34. The summed E-state index contributed by atoms with van der Waals surface area (Å²) in [7, 11) is 0. The van der Waals surface area contributed by atoms with Crippen LogP contribution in [0.3, 0.4) is 0 Å². The number of nitrogens with one attached hydrogen (secondary N) is 1. The number of rotatable bonds is 3. The zero-order valence-electron chi connectivity index (χ0n) is 11.2. The van der Waals surface area contributed by atoms with Gasteiger partial charge in [0.2, 0.25) is 5.75 Å². The van der Waals surface area contributed by atoms with Crippen LogP contribution in [-0.4, -0.2) is 20.0 Å². The monoisotopic (exact) mass is 327 g/mol. The second-order valence-electron chi connectivity index (χ2n) is 4.33. The van der Waals surface area contributed by atoms with Gasteiger partial charge in [-0.05, 0) is 18.2 Å². The second kappa shape index (κ2) is 5.91. The Balaban J connectivity index is 2.42. The molecule has 0 unspecified atom stereocenters. The first-order chi connectivity index (χ1) is 10.7. The van der Waals surface area contributed by atoms with Crippen LogP contribution in [-0.2, 0) is 6.18 Å². The summed E-state index contributed by atoms with van der Waals surface area (Å²) in [6.45, 7) is 0. The van der Waals surface area contributed by atoms with Crippen molar-refractivity contribution in [1.82, 2.24) is 9.97 Å². The van der Waals surface area contributed by atoms with Crippen molar-refractivity contribution in [2.24, 2.45) is 0 Å². The van der Waals surface area contributed by atoms with Crippen molar-refractivity contribution in [1.29, 1.82) is 0 Å². The van der Waals surface area contributed by atoms with E-state index in [9.17, 15) is 33.2 Å². The van der Waals surface area contributed by atoms with Gasteiger partial charge in [-0.2, -0.15) is 18.2 Å². The van der Waals surface area contributed by atoms with Gasteiger partial charge in [0, 0.05) is 11.6 Å². The number of halogens is 3. The summed E-state index contributed by atoms with van der Waals surface area (Å²) in [5.74, 6) is -0.644. The molecule has 0 radical (unpaired) electrons.